The number of aromatic nitrogens is 1. The van der Waals surface area contributed by atoms with Crippen molar-refractivity contribution in [1.82, 2.24) is 15.4 Å². The maximum atomic E-state index is 12.2. The van der Waals surface area contributed by atoms with Crippen LogP contribution in [0.4, 0.5) is 4.79 Å². The Morgan fingerprint density at radius 2 is 2.05 bits per heavy atom. The van der Waals surface area contributed by atoms with Crippen LogP contribution in [0.25, 0.3) is 11.3 Å². The fourth-order valence-electron chi connectivity index (χ4n) is 2.50. The molecule has 2 heterocycles. The van der Waals surface area contributed by atoms with E-state index in [0.29, 0.717) is 17.9 Å². The molecule has 1 N–H and O–H groups in total. The molecule has 0 spiro atoms. The molecule has 1 unspecified atom stereocenters. The first-order chi connectivity index (χ1) is 10.7. The van der Waals surface area contributed by atoms with E-state index in [-0.39, 0.29) is 18.5 Å². The summed E-state index contributed by atoms with van der Waals surface area (Å²) in [5.74, 6) is 0.420. The Morgan fingerprint density at radius 3 is 2.77 bits per heavy atom. The summed E-state index contributed by atoms with van der Waals surface area (Å²) < 4.78 is 5.29. The minimum Gasteiger partial charge on any atom is -0.356 e. The van der Waals surface area contributed by atoms with Gasteiger partial charge in [0, 0.05) is 11.6 Å². The van der Waals surface area contributed by atoms with Gasteiger partial charge in [0.15, 0.2) is 5.76 Å². The molecule has 1 saturated heterocycles. The number of carbonyl (C=O) groups is 2. The van der Waals surface area contributed by atoms with E-state index >= 15 is 0 Å². The summed E-state index contributed by atoms with van der Waals surface area (Å²) >= 11 is 0. The zero-order chi connectivity index (χ0) is 15.5. The third-order valence-electron chi connectivity index (χ3n) is 3.62. The molecule has 0 bridgehead atoms. The number of carbonyl (C=O) groups excluding carboxylic acids is 2. The summed E-state index contributed by atoms with van der Waals surface area (Å²) in [5.41, 5.74) is 1.46. The summed E-state index contributed by atoms with van der Waals surface area (Å²) in [6.07, 6.45) is 1.49. The third-order valence-corrected chi connectivity index (χ3v) is 3.62. The van der Waals surface area contributed by atoms with Gasteiger partial charge >= 0.3 is 6.03 Å². The molecule has 0 saturated carbocycles. The number of imide groups is 1. The van der Waals surface area contributed by atoms with Crippen LogP contribution in [0.15, 0.2) is 40.9 Å². The van der Waals surface area contributed by atoms with Crippen LogP contribution < -0.4 is 5.32 Å². The molecule has 114 valence electrons. The van der Waals surface area contributed by atoms with Gasteiger partial charge in [0.25, 0.3) is 5.91 Å². The lowest BCUT2D eigenvalue weighted by molar-refractivity contribution is -0.128. The van der Waals surface area contributed by atoms with Crippen molar-refractivity contribution in [2.24, 2.45) is 0 Å². The molecule has 0 aliphatic carbocycles. The van der Waals surface area contributed by atoms with Gasteiger partial charge in [0.1, 0.15) is 11.7 Å². The summed E-state index contributed by atoms with van der Waals surface area (Å²) in [5, 5.41) is 6.64. The highest BCUT2D eigenvalue weighted by atomic mass is 16.5. The number of benzene rings is 1. The van der Waals surface area contributed by atoms with Gasteiger partial charge in [-0.3, -0.25) is 9.69 Å². The van der Waals surface area contributed by atoms with E-state index in [9.17, 15) is 9.59 Å². The van der Waals surface area contributed by atoms with E-state index < -0.39 is 6.04 Å². The largest absolute Gasteiger partial charge is 0.356 e. The molecule has 3 amide bonds. The van der Waals surface area contributed by atoms with Crippen molar-refractivity contribution < 1.29 is 14.1 Å². The van der Waals surface area contributed by atoms with E-state index in [4.69, 9.17) is 4.52 Å². The summed E-state index contributed by atoms with van der Waals surface area (Å²) in [7, 11) is 0. The Kier molecular flexibility index (Phi) is 3.91. The predicted molar refractivity (Wildman–Crippen MR) is 79.7 cm³/mol. The lowest BCUT2D eigenvalue weighted by atomic mass is 10.1. The van der Waals surface area contributed by atoms with E-state index in [0.717, 1.165) is 12.0 Å². The monoisotopic (exact) mass is 299 g/mol. The fourth-order valence-corrected chi connectivity index (χ4v) is 2.50. The van der Waals surface area contributed by atoms with E-state index in [2.05, 4.69) is 10.5 Å². The smallest absolute Gasteiger partial charge is 0.325 e. The van der Waals surface area contributed by atoms with Gasteiger partial charge in [0.05, 0.1) is 6.54 Å². The molecule has 0 radical (unpaired) electrons. The minimum atomic E-state index is -0.419. The highest BCUT2D eigenvalue weighted by Gasteiger charge is 2.37. The number of nitrogens with one attached hydrogen (secondary N) is 1. The quantitative estimate of drug-likeness (QED) is 0.861. The third kappa shape index (κ3) is 2.72. The Bertz CT molecular complexity index is 681. The zero-order valence-corrected chi connectivity index (χ0v) is 12.3. The normalized spacial score (nSPS) is 17.9. The van der Waals surface area contributed by atoms with Crippen LogP contribution in [0.1, 0.15) is 25.5 Å². The Hall–Kier alpha value is -2.63. The van der Waals surface area contributed by atoms with Crippen LogP contribution in [-0.2, 0) is 11.3 Å². The molecule has 2 aromatic rings. The first-order valence-corrected chi connectivity index (χ1v) is 7.32. The van der Waals surface area contributed by atoms with Gasteiger partial charge in [-0.05, 0) is 6.42 Å². The molecular weight excluding hydrogens is 282 g/mol. The number of amides is 3. The number of hydrogen-bond acceptors (Lipinski definition) is 4. The molecular formula is C16H17N3O3. The number of hydrogen-bond donors (Lipinski definition) is 1. The van der Waals surface area contributed by atoms with Gasteiger partial charge in [-0.25, -0.2) is 4.79 Å². The Morgan fingerprint density at radius 1 is 1.27 bits per heavy atom. The SMILES string of the molecule is CCCC1NC(=O)N(Cc2cc(-c3ccccc3)on2)C1=O. The van der Waals surface area contributed by atoms with E-state index in [1.54, 1.807) is 6.07 Å². The highest BCUT2D eigenvalue weighted by Crippen LogP contribution is 2.21. The van der Waals surface area contributed by atoms with Crippen LogP contribution in [0.3, 0.4) is 0 Å². The minimum absolute atomic E-state index is 0.126. The summed E-state index contributed by atoms with van der Waals surface area (Å²) in [4.78, 5) is 25.2. The first kappa shape index (κ1) is 14.3. The second kappa shape index (κ2) is 6.01. The van der Waals surface area contributed by atoms with Crippen molar-refractivity contribution in [3.05, 3.63) is 42.1 Å². The number of rotatable bonds is 5. The zero-order valence-electron chi connectivity index (χ0n) is 12.3. The standard InChI is InChI=1S/C16H17N3O3/c1-2-6-13-15(20)19(16(21)17-13)10-12-9-14(22-18-12)11-7-4-3-5-8-11/h3-5,7-9,13H,2,6,10H2,1H3,(H,17,21). The van der Waals surface area contributed by atoms with Gasteiger partial charge in [-0.2, -0.15) is 0 Å². The van der Waals surface area contributed by atoms with Gasteiger partial charge in [-0.15, -0.1) is 0 Å². The van der Waals surface area contributed by atoms with Crippen LogP contribution in [-0.4, -0.2) is 28.0 Å². The van der Waals surface area contributed by atoms with Crippen molar-refractivity contribution in [2.75, 3.05) is 0 Å². The molecule has 1 aromatic heterocycles. The molecule has 1 aromatic carbocycles. The van der Waals surface area contributed by atoms with Crippen LogP contribution in [0.2, 0.25) is 0 Å². The van der Waals surface area contributed by atoms with Gasteiger partial charge in [-0.1, -0.05) is 48.8 Å². The topological polar surface area (TPSA) is 75.4 Å². The van der Waals surface area contributed by atoms with Gasteiger partial charge < -0.3 is 9.84 Å². The Labute approximate surface area is 128 Å². The van der Waals surface area contributed by atoms with Crippen molar-refractivity contribution in [1.29, 1.82) is 0 Å². The molecule has 3 rings (SSSR count). The van der Waals surface area contributed by atoms with Crippen molar-refractivity contribution in [2.45, 2.75) is 32.4 Å². The van der Waals surface area contributed by atoms with Crippen molar-refractivity contribution in [3.8, 4) is 11.3 Å². The molecule has 1 atom stereocenters. The Balaban J connectivity index is 1.73. The second-order valence-corrected chi connectivity index (χ2v) is 5.26. The van der Waals surface area contributed by atoms with Gasteiger partial charge in [0.2, 0.25) is 0 Å². The maximum absolute atomic E-state index is 12.2. The second-order valence-electron chi connectivity index (χ2n) is 5.26. The molecule has 1 fully saturated rings. The number of nitrogens with zero attached hydrogens (tertiary/aromatic N) is 2. The van der Waals surface area contributed by atoms with E-state index in [1.165, 1.54) is 4.90 Å². The molecule has 6 nitrogen and oxygen atoms in total. The average Bonchev–Trinajstić information content (AvgIpc) is 3.10. The van der Waals surface area contributed by atoms with Crippen molar-refractivity contribution >= 4 is 11.9 Å². The molecule has 22 heavy (non-hydrogen) atoms. The lowest BCUT2D eigenvalue weighted by Gasteiger charge is -2.10. The van der Waals surface area contributed by atoms with Crippen LogP contribution in [0, 0.1) is 0 Å². The van der Waals surface area contributed by atoms with Crippen LogP contribution >= 0.6 is 0 Å². The van der Waals surface area contributed by atoms with Crippen molar-refractivity contribution in [3.63, 3.8) is 0 Å². The highest BCUT2D eigenvalue weighted by molar-refractivity contribution is 6.04. The molecule has 6 heteroatoms. The summed E-state index contributed by atoms with van der Waals surface area (Å²) in [6, 6.07) is 10.5. The number of urea groups is 1. The first-order valence-electron chi connectivity index (χ1n) is 7.32. The maximum Gasteiger partial charge on any atom is 0.325 e. The molecule has 1 aliphatic heterocycles. The summed E-state index contributed by atoms with van der Waals surface area (Å²) in [6.45, 7) is 2.10. The van der Waals surface area contributed by atoms with E-state index in [1.807, 2.05) is 37.3 Å². The average molecular weight is 299 g/mol. The molecule has 1 aliphatic rings. The van der Waals surface area contributed by atoms with Crippen LogP contribution in [0.5, 0.6) is 0 Å². The predicted octanol–water partition coefficient (Wildman–Crippen LogP) is 2.56. The fraction of sp³-hybridized carbons (Fsp3) is 0.312. The lowest BCUT2D eigenvalue weighted by Crippen LogP contribution is -2.31.